The van der Waals surface area contributed by atoms with E-state index in [0.29, 0.717) is 23.7 Å². The second kappa shape index (κ2) is 5.78. The Morgan fingerprint density at radius 3 is 2.32 bits per heavy atom. The molecule has 0 aromatic carbocycles. The SMILES string of the molecule is Cc1oc(C)c(C(=O)NCC(C)(O)CC(C)C)c1C. The first-order valence-electron chi connectivity index (χ1n) is 6.71. The molecule has 4 heteroatoms. The molecule has 1 aromatic heterocycles. The second-order valence-corrected chi connectivity index (χ2v) is 5.99. The predicted octanol–water partition coefficient (Wildman–Crippen LogP) is 2.73. The number of furan rings is 1. The Labute approximate surface area is 115 Å². The van der Waals surface area contributed by atoms with E-state index in [9.17, 15) is 9.90 Å². The third kappa shape index (κ3) is 4.10. The minimum atomic E-state index is -0.885. The van der Waals surface area contributed by atoms with Gasteiger partial charge in [0.05, 0.1) is 11.2 Å². The normalized spacial score (nSPS) is 14.5. The highest BCUT2D eigenvalue weighted by Gasteiger charge is 2.25. The van der Waals surface area contributed by atoms with Crippen molar-refractivity contribution < 1.29 is 14.3 Å². The Morgan fingerprint density at radius 2 is 1.89 bits per heavy atom. The number of rotatable bonds is 5. The summed E-state index contributed by atoms with van der Waals surface area (Å²) < 4.78 is 5.44. The van der Waals surface area contributed by atoms with E-state index in [1.165, 1.54) is 0 Å². The number of aryl methyl sites for hydroxylation is 2. The Bertz CT molecular complexity index is 458. The zero-order valence-corrected chi connectivity index (χ0v) is 12.8. The third-order valence-corrected chi connectivity index (χ3v) is 3.27. The molecule has 1 heterocycles. The molecule has 2 N–H and O–H groups in total. The van der Waals surface area contributed by atoms with Crippen LogP contribution in [0.4, 0.5) is 0 Å². The van der Waals surface area contributed by atoms with Crippen LogP contribution in [0.1, 0.15) is 54.6 Å². The van der Waals surface area contributed by atoms with E-state index in [0.717, 1.165) is 11.3 Å². The minimum Gasteiger partial charge on any atom is -0.466 e. The fourth-order valence-corrected chi connectivity index (χ4v) is 2.44. The van der Waals surface area contributed by atoms with Gasteiger partial charge in [-0.1, -0.05) is 13.8 Å². The van der Waals surface area contributed by atoms with Gasteiger partial charge in [0.25, 0.3) is 5.91 Å². The zero-order valence-electron chi connectivity index (χ0n) is 12.8. The molecule has 1 amide bonds. The van der Waals surface area contributed by atoms with Gasteiger partial charge in [-0.25, -0.2) is 0 Å². The summed E-state index contributed by atoms with van der Waals surface area (Å²) in [6, 6.07) is 0. The topological polar surface area (TPSA) is 62.5 Å². The van der Waals surface area contributed by atoms with Crippen molar-refractivity contribution in [3.8, 4) is 0 Å². The van der Waals surface area contributed by atoms with Crippen LogP contribution in [-0.4, -0.2) is 23.2 Å². The van der Waals surface area contributed by atoms with Gasteiger partial charge in [-0.3, -0.25) is 4.79 Å². The summed E-state index contributed by atoms with van der Waals surface area (Å²) in [5.41, 5.74) is 0.557. The average Bonchev–Trinajstić information content (AvgIpc) is 2.48. The van der Waals surface area contributed by atoms with E-state index >= 15 is 0 Å². The summed E-state index contributed by atoms with van der Waals surface area (Å²) in [5, 5.41) is 13.0. The number of nitrogens with one attached hydrogen (secondary N) is 1. The summed E-state index contributed by atoms with van der Waals surface area (Å²) in [6.07, 6.45) is 0.648. The van der Waals surface area contributed by atoms with Gasteiger partial charge >= 0.3 is 0 Å². The number of aliphatic hydroxyl groups is 1. The van der Waals surface area contributed by atoms with Gasteiger partial charge in [0, 0.05) is 12.1 Å². The highest BCUT2D eigenvalue weighted by molar-refractivity contribution is 5.96. The van der Waals surface area contributed by atoms with Crippen molar-refractivity contribution in [2.45, 2.75) is 53.6 Å². The fraction of sp³-hybridized carbons (Fsp3) is 0.667. The van der Waals surface area contributed by atoms with E-state index in [2.05, 4.69) is 5.32 Å². The molecule has 0 radical (unpaired) electrons. The maximum atomic E-state index is 12.1. The molecular formula is C15H25NO3. The molecule has 0 fully saturated rings. The molecular weight excluding hydrogens is 242 g/mol. The lowest BCUT2D eigenvalue weighted by Crippen LogP contribution is -2.41. The first-order valence-corrected chi connectivity index (χ1v) is 6.71. The highest BCUT2D eigenvalue weighted by atomic mass is 16.3. The van der Waals surface area contributed by atoms with Crippen molar-refractivity contribution in [2.24, 2.45) is 5.92 Å². The molecule has 4 nitrogen and oxygen atoms in total. The Morgan fingerprint density at radius 1 is 1.32 bits per heavy atom. The van der Waals surface area contributed by atoms with Gasteiger partial charge < -0.3 is 14.8 Å². The van der Waals surface area contributed by atoms with Crippen molar-refractivity contribution >= 4 is 5.91 Å². The number of amides is 1. The predicted molar refractivity (Wildman–Crippen MR) is 75.3 cm³/mol. The van der Waals surface area contributed by atoms with E-state index in [1.807, 2.05) is 27.7 Å². The Balaban J connectivity index is 2.71. The lowest BCUT2D eigenvalue weighted by Gasteiger charge is -2.25. The number of carbonyl (C=O) groups excluding carboxylic acids is 1. The summed E-state index contributed by atoms with van der Waals surface area (Å²) in [6.45, 7) is 11.6. The Hall–Kier alpha value is -1.29. The summed E-state index contributed by atoms with van der Waals surface area (Å²) in [5.74, 6) is 1.58. The number of carbonyl (C=O) groups is 1. The maximum Gasteiger partial charge on any atom is 0.255 e. The van der Waals surface area contributed by atoms with Gasteiger partial charge in [0.15, 0.2) is 0 Å². The molecule has 19 heavy (non-hydrogen) atoms. The molecule has 108 valence electrons. The van der Waals surface area contributed by atoms with Crippen molar-refractivity contribution in [3.05, 3.63) is 22.6 Å². The number of hydrogen-bond donors (Lipinski definition) is 2. The van der Waals surface area contributed by atoms with Crippen molar-refractivity contribution in [2.75, 3.05) is 6.54 Å². The molecule has 0 saturated carbocycles. The molecule has 1 rings (SSSR count). The van der Waals surface area contributed by atoms with Crippen LogP contribution in [0, 0.1) is 26.7 Å². The van der Waals surface area contributed by atoms with Crippen molar-refractivity contribution in [3.63, 3.8) is 0 Å². The molecule has 0 aliphatic carbocycles. The van der Waals surface area contributed by atoms with Crippen LogP contribution in [0.15, 0.2) is 4.42 Å². The molecule has 0 bridgehead atoms. The van der Waals surface area contributed by atoms with Crippen molar-refractivity contribution in [1.82, 2.24) is 5.32 Å². The van der Waals surface area contributed by atoms with Crippen LogP contribution in [0.25, 0.3) is 0 Å². The molecule has 0 saturated heterocycles. The van der Waals surface area contributed by atoms with Gasteiger partial charge in [0.2, 0.25) is 0 Å². The van der Waals surface area contributed by atoms with Gasteiger partial charge in [-0.15, -0.1) is 0 Å². The molecule has 0 spiro atoms. The van der Waals surface area contributed by atoms with E-state index in [4.69, 9.17) is 4.42 Å². The van der Waals surface area contributed by atoms with Crippen LogP contribution in [0.5, 0.6) is 0 Å². The standard InChI is InChI=1S/C15H25NO3/c1-9(2)7-15(6,18)8-16-14(17)13-10(3)11(4)19-12(13)5/h9,18H,7-8H2,1-6H3,(H,16,17). The maximum absolute atomic E-state index is 12.1. The smallest absolute Gasteiger partial charge is 0.255 e. The molecule has 1 unspecified atom stereocenters. The van der Waals surface area contributed by atoms with Gasteiger partial charge in [0.1, 0.15) is 11.5 Å². The van der Waals surface area contributed by atoms with Crippen LogP contribution in [-0.2, 0) is 0 Å². The third-order valence-electron chi connectivity index (χ3n) is 3.27. The zero-order chi connectivity index (χ0) is 14.8. The number of hydrogen-bond acceptors (Lipinski definition) is 3. The summed E-state index contributed by atoms with van der Waals surface area (Å²) in [7, 11) is 0. The minimum absolute atomic E-state index is 0.184. The molecule has 0 aliphatic rings. The highest BCUT2D eigenvalue weighted by Crippen LogP contribution is 2.21. The van der Waals surface area contributed by atoms with E-state index in [1.54, 1.807) is 13.8 Å². The first kappa shape index (κ1) is 15.8. The first-order chi connectivity index (χ1) is 8.64. The lowest BCUT2D eigenvalue weighted by atomic mass is 9.94. The largest absolute Gasteiger partial charge is 0.466 e. The van der Waals surface area contributed by atoms with Crippen molar-refractivity contribution in [1.29, 1.82) is 0 Å². The van der Waals surface area contributed by atoms with E-state index in [-0.39, 0.29) is 12.5 Å². The lowest BCUT2D eigenvalue weighted by molar-refractivity contribution is 0.0368. The van der Waals surface area contributed by atoms with Crippen LogP contribution >= 0.6 is 0 Å². The van der Waals surface area contributed by atoms with Crippen LogP contribution in [0.2, 0.25) is 0 Å². The second-order valence-electron chi connectivity index (χ2n) is 5.99. The molecule has 0 aliphatic heterocycles. The van der Waals surface area contributed by atoms with Gasteiger partial charge in [-0.2, -0.15) is 0 Å². The monoisotopic (exact) mass is 267 g/mol. The fourth-order valence-electron chi connectivity index (χ4n) is 2.44. The van der Waals surface area contributed by atoms with Crippen LogP contribution < -0.4 is 5.32 Å². The molecule has 1 aromatic rings. The Kier molecular flexibility index (Phi) is 4.80. The quantitative estimate of drug-likeness (QED) is 0.862. The summed E-state index contributed by atoms with van der Waals surface area (Å²) in [4.78, 5) is 12.1. The summed E-state index contributed by atoms with van der Waals surface area (Å²) >= 11 is 0. The van der Waals surface area contributed by atoms with Gasteiger partial charge in [-0.05, 0) is 40.0 Å². The average molecular weight is 267 g/mol. The molecule has 1 atom stereocenters. The van der Waals surface area contributed by atoms with Crippen LogP contribution in [0.3, 0.4) is 0 Å². The van der Waals surface area contributed by atoms with E-state index < -0.39 is 5.60 Å².